The Kier molecular flexibility index (Phi) is 24.8. The zero-order chi connectivity index (χ0) is 70.3. The Morgan fingerprint density at radius 1 is 0.430 bits per heavy atom. The van der Waals surface area contributed by atoms with E-state index in [0.717, 1.165) is 95.5 Å². The van der Waals surface area contributed by atoms with Crippen molar-refractivity contribution >= 4 is 72.9 Å². The third-order valence-corrected chi connectivity index (χ3v) is 16.3. The molecule has 0 radical (unpaired) electrons. The van der Waals surface area contributed by atoms with Gasteiger partial charge in [-0.05, 0) is 183 Å². The lowest BCUT2D eigenvalue weighted by Crippen LogP contribution is -2.19. The first-order chi connectivity index (χ1) is 48.5. The molecule has 0 aliphatic heterocycles. The van der Waals surface area contributed by atoms with Crippen LogP contribution in [0.25, 0.3) is 32.7 Å². The largest absolute Gasteiger partial charge is 0.481 e. The maximum atomic E-state index is 12.4. The Hall–Kier alpha value is -11.8. The van der Waals surface area contributed by atoms with Gasteiger partial charge in [0.05, 0.1) is 39.8 Å². The number of hydrogen-bond donors (Lipinski definition) is 2. The van der Waals surface area contributed by atoms with E-state index in [2.05, 4.69) is 55.1 Å². The fraction of sp³-hybridized carbons (Fsp3) is 0.241. The summed E-state index contributed by atoms with van der Waals surface area (Å²) in [4.78, 5) is 81.9. The molecule has 6 aromatic carbocycles. The number of amides is 1. The Morgan fingerprint density at radius 3 is 1.21 bits per heavy atom. The van der Waals surface area contributed by atoms with Gasteiger partial charge in [-0.15, -0.1) is 0 Å². The average molecular weight is 1340 g/mol. The molecule has 0 unspecified atom stereocenters. The van der Waals surface area contributed by atoms with E-state index in [4.69, 9.17) is 24.1 Å². The van der Waals surface area contributed by atoms with Gasteiger partial charge < -0.3 is 44.1 Å². The minimum absolute atomic E-state index is 0.0548. The summed E-state index contributed by atoms with van der Waals surface area (Å²) in [5, 5.41) is 14.5. The molecule has 1 amide bonds. The lowest BCUT2D eigenvalue weighted by molar-refractivity contribution is -0.119. The number of anilines is 4. The highest BCUT2D eigenvalue weighted by molar-refractivity contribution is 5.91. The first kappa shape index (κ1) is 70.9. The zero-order valence-electron chi connectivity index (χ0n) is 57.5. The molecular weight excluding hydrogens is 1260 g/mol. The minimum atomic E-state index is -0.0548. The summed E-state index contributed by atoms with van der Waals surface area (Å²) in [6.07, 6.45) is 14.7. The van der Waals surface area contributed by atoms with Crippen molar-refractivity contribution < 1.29 is 38.4 Å². The van der Waals surface area contributed by atoms with Crippen LogP contribution in [0.3, 0.4) is 0 Å². The Balaban J connectivity index is 0.000000162. The quantitative estimate of drug-likeness (QED) is 0.0486. The highest BCUT2D eigenvalue weighted by Gasteiger charge is 2.15. The van der Waals surface area contributed by atoms with E-state index in [1.165, 1.54) is 19.0 Å². The van der Waals surface area contributed by atoms with Gasteiger partial charge in [0.25, 0.3) is 0 Å². The molecule has 0 saturated heterocycles. The number of pyridine rings is 3. The van der Waals surface area contributed by atoms with Crippen molar-refractivity contribution in [3.63, 3.8) is 0 Å². The van der Waals surface area contributed by atoms with Gasteiger partial charge in [0.2, 0.25) is 29.4 Å². The second-order valence-electron chi connectivity index (χ2n) is 24.4. The summed E-state index contributed by atoms with van der Waals surface area (Å²) in [7, 11) is 11.5. The van der Waals surface area contributed by atoms with Crippen molar-refractivity contribution in [1.29, 1.82) is 0 Å². The number of nitrogens with zero attached hydrogens (tertiary/aromatic N) is 12. The van der Waals surface area contributed by atoms with Crippen LogP contribution in [0.4, 0.5) is 22.7 Å². The second-order valence-corrected chi connectivity index (χ2v) is 24.4. The topological polar surface area (TPSA) is 246 Å². The molecule has 6 heterocycles. The minimum Gasteiger partial charge on any atom is -0.481 e. The Labute approximate surface area is 582 Å². The van der Waals surface area contributed by atoms with Gasteiger partial charge in [0.1, 0.15) is 47.8 Å². The number of fused-ring (bicyclic) bond motifs is 3. The highest BCUT2D eigenvalue weighted by Crippen LogP contribution is 2.33. The third kappa shape index (κ3) is 20.6. The molecule has 100 heavy (non-hydrogen) atoms. The van der Waals surface area contributed by atoms with Crippen LogP contribution in [-0.4, -0.2) is 123 Å². The predicted molar refractivity (Wildman–Crippen MR) is 392 cm³/mol. The van der Waals surface area contributed by atoms with Crippen molar-refractivity contribution in [1.82, 2.24) is 44.9 Å². The van der Waals surface area contributed by atoms with Crippen LogP contribution in [0, 0.1) is 13.8 Å². The average Bonchev–Trinajstić information content (AvgIpc) is 0.817. The summed E-state index contributed by atoms with van der Waals surface area (Å²) >= 11 is 0. The molecule has 0 fully saturated rings. The maximum absolute atomic E-state index is 12.4. The number of carbonyl (C=O) groups excluding carboxylic acids is 3. The van der Waals surface area contributed by atoms with Gasteiger partial charge in [-0.25, -0.2) is 34.9 Å². The van der Waals surface area contributed by atoms with Gasteiger partial charge in [-0.3, -0.25) is 24.4 Å². The van der Waals surface area contributed by atoms with Gasteiger partial charge in [-0.1, -0.05) is 42.5 Å². The number of benzene rings is 6. The first-order valence-corrected chi connectivity index (χ1v) is 32.9. The van der Waals surface area contributed by atoms with Crippen LogP contribution < -0.4 is 39.0 Å². The van der Waals surface area contributed by atoms with Crippen molar-refractivity contribution in [2.75, 3.05) is 75.5 Å². The number of aliphatic hydroxyl groups excluding tert-OH is 1. The molecule has 2 N–H and O–H groups in total. The number of methoxy groups -OCH3 is 1. The molecule has 6 aromatic heterocycles. The number of nitrogens with one attached hydrogen (secondary N) is 1. The predicted octanol–water partition coefficient (Wildman–Crippen LogP) is 14.1. The van der Waals surface area contributed by atoms with Crippen molar-refractivity contribution in [3.05, 3.63) is 241 Å². The van der Waals surface area contributed by atoms with E-state index in [9.17, 15) is 14.4 Å². The second kappa shape index (κ2) is 34.9. The Bertz CT molecular complexity index is 4680. The van der Waals surface area contributed by atoms with E-state index >= 15 is 0 Å². The lowest BCUT2D eigenvalue weighted by Gasteiger charge is -2.19. The van der Waals surface area contributed by atoms with E-state index in [-0.39, 0.29) is 24.1 Å². The molecule has 0 aliphatic rings. The molecule has 0 saturated carbocycles. The monoisotopic (exact) mass is 1340 g/mol. The van der Waals surface area contributed by atoms with Crippen LogP contribution in [-0.2, 0) is 46.5 Å². The first-order valence-electron chi connectivity index (χ1n) is 32.9. The van der Waals surface area contributed by atoms with Crippen molar-refractivity contribution in [3.8, 4) is 40.8 Å². The molecule has 0 atom stereocenters. The normalized spacial score (nSPS) is 10.8. The van der Waals surface area contributed by atoms with E-state index in [1.807, 2.05) is 205 Å². The molecule has 0 bridgehead atoms. The summed E-state index contributed by atoms with van der Waals surface area (Å²) in [6, 6.07) is 51.9. The number of rotatable bonds is 27. The van der Waals surface area contributed by atoms with E-state index < -0.39 is 0 Å². The maximum Gasteiger partial charge on any atom is 0.230 e. The number of Topliss-reactive ketones (excluding diaryl/α,β-unsaturated/α-hetero) is 2. The van der Waals surface area contributed by atoms with Crippen LogP contribution >= 0.6 is 0 Å². The van der Waals surface area contributed by atoms with Crippen LogP contribution in [0.15, 0.2) is 201 Å². The number of aryl methyl sites for hydroxylation is 5. The fourth-order valence-corrected chi connectivity index (χ4v) is 10.5. The summed E-state index contributed by atoms with van der Waals surface area (Å²) in [5.41, 5.74) is 13.2. The number of aliphatic hydroxyl groups is 1. The van der Waals surface area contributed by atoms with Crippen molar-refractivity contribution in [2.45, 2.75) is 71.6 Å². The molecule has 21 nitrogen and oxygen atoms in total. The van der Waals surface area contributed by atoms with Gasteiger partial charge in [-0.2, -0.15) is 0 Å². The molecule has 0 spiro atoms. The van der Waals surface area contributed by atoms with Gasteiger partial charge >= 0.3 is 0 Å². The smallest absolute Gasteiger partial charge is 0.230 e. The number of aromatic nitrogens is 9. The van der Waals surface area contributed by atoms with E-state index in [0.29, 0.717) is 104 Å². The number of hydrogen-bond acceptors (Lipinski definition) is 20. The molecule has 12 rings (SSSR count). The van der Waals surface area contributed by atoms with Crippen LogP contribution in [0.2, 0.25) is 0 Å². The molecule has 21 heteroatoms. The lowest BCUT2D eigenvalue weighted by atomic mass is 10.0. The van der Waals surface area contributed by atoms with Crippen molar-refractivity contribution in [2.24, 2.45) is 0 Å². The standard InChI is InChI=1S/C27H29N5O3.C26H26N4O3.C26H26N4O2/c1-19-4-5-20(17-28-19)6-13-26(34)31-21-7-10-23(11-8-21)35-27-24-12-9-22(32(2)14-3-15-33)16-25(24)29-18-30-27;1-30(2)20-8-12-23-24(15-20)28-17-29-26(23)33-22-10-5-18(6-11-22)14-21(31)9-4-19-7-13-25(32-3)27-16-19;1-18-4-5-20(16-27-18)6-10-22(31)14-19-7-11-23(12-8-19)32-26-24-13-9-21(30(2)3)15-25(24)28-17-29-26/h4-5,7-12,16-18,33H,3,6,13-15H2,1-2H3,(H,31,34);5-8,10-13,15-17H,4,9,14H2,1-3H3;4-5,7-9,11-13,15-17H,6,10,14H2,1-3H3. The molecular formula is C79H81N13O8. The van der Waals surface area contributed by atoms with Crippen LogP contribution in [0.5, 0.6) is 40.8 Å². The SMILES string of the molecule is COc1ccc(CCC(=O)Cc2ccc(Oc3ncnc4cc(N(C)C)ccc34)cc2)cn1.Cc1ccc(CCC(=O)Cc2ccc(Oc3ncnc4cc(N(C)C)ccc34)cc2)cn1.Cc1ccc(CCC(=O)Nc2ccc(Oc3ncnc4cc(N(C)CCCO)ccc34)cc2)cn1. The van der Waals surface area contributed by atoms with Gasteiger partial charge in [0, 0.05) is 139 Å². The fourth-order valence-electron chi connectivity index (χ4n) is 10.5. The highest BCUT2D eigenvalue weighted by atomic mass is 16.5. The molecule has 0 aliphatic carbocycles. The summed E-state index contributed by atoms with van der Waals surface area (Å²) < 4.78 is 23.1. The molecule has 12 aromatic rings. The third-order valence-electron chi connectivity index (χ3n) is 16.3. The number of ketones is 2. The zero-order valence-corrected chi connectivity index (χ0v) is 57.5. The Morgan fingerprint density at radius 2 is 0.820 bits per heavy atom. The summed E-state index contributed by atoms with van der Waals surface area (Å²) in [5.74, 6) is 4.31. The molecule has 510 valence electrons. The van der Waals surface area contributed by atoms with E-state index in [1.54, 1.807) is 43.6 Å². The summed E-state index contributed by atoms with van der Waals surface area (Å²) in [6.45, 7) is 4.80. The number of carbonyl (C=O) groups is 3. The number of ether oxygens (including phenoxy) is 4. The van der Waals surface area contributed by atoms with Crippen LogP contribution in [0.1, 0.15) is 64.9 Å². The van der Waals surface area contributed by atoms with Gasteiger partial charge in [0.15, 0.2) is 0 Å².